The number of carbonyl (C=O) groups is 2. The van der Waals surface area contributed by atoms with Gasteiger partial charge in [0.15, 0.2) is 6.61 Å². The zero-order chi connectivity index (χ0) is 20.3. The van der Waals surface area contributed by atoms with E-state index in [4.69, 9.17) is 4.74 Å². The van der Waals surface area contributed by atoms with Gasteiger partial charge < -0.3 is 9.64 Å². The number of pyridine rings is 1. The van der Waals surface area contributed by atoms with Gasteiger partial charge in [0.2, 0.25) is 0 Å². The van der Waals surface area contributed by atoms with E-state index in [1.54, 1.807) is 18.9 Å². The zero-order valence-corrected chi connectivity index (χ0v) is 16.7. The lowest BCUT2D eigenvalue weighted by Gasteiger charge is -2.18. The summed E-state index contributed by atoms with van der Waals surface area (Å²) in [6.07, 6.45) is 0. The molecule has 3 aromatic rings. The van der Waals surface area contributed by atoms with Crippen molar-refractivity contribution in [3.63, 3.8) is 0 Å². The number of aromatic nitrogens is 1. The van der Waals surface area contributed by atoms with Crippen LogP contribution in [0.2, 0.25) is 0 Å². The number of para-hydroxylation sites is 1. The van der Waals surface area contributed by atoms with Crippen molar-refractivity contribution >= 4 is 22.8 Å². The third kappa shape index (κ3) is 4.19. The molecule has 0 saturated heterocycles. The van der Waals surface area contributed by atoms with Crippen molar-refractivity contribution in [2.24, 2.45) is 0 Å². The summed E-state index contributed by atoms with van der Waals surface area (Å²) in [7, 11) is 1.70. The number of ether oxygens (including phenoxy) is 1. The normalized spacial score (nSPS) is 10.7. The van der Waals surface area contributed by atoms with Crippen LogP contribution in [0.15, 0.2) is 48.5 Å². The fourth-order valence-corrected chi connectivity index (χ4v) is 3.20. The molecule has 0 aliphatic rings. The Morgan fingerprint density at radius 1 is 1.00 bits per heavy atom. The van der Waals surface area contributed by atoms with Gasteiger partial charge in [-0.1, -0.05) is 48.0 Å². The lowest BCUT2D eigenvalue weighted by Crippen LogP contribution is -2.31. The summed E-state index contributed by atoms with van der Waals surface area (Å²) in [5, 5.41) is 0.905. The van der Waals surface area contributed by atoms with E-state index in [0.29, 0.717) is 17.8 Å². The summed E-state index contributed by atoms with van der Waals surface area (Å²) in [5.74, 6) is -0.775. The molecule has 0 atom stereocenters. The second-order valence-electron chi connectivity index (χ2n) is 7.03. The number of hydrogen-bond acceptors (Lipinski definition) is 4. The number of carbonyl (C=O) groups excluding carboxylic acids is 2. The number of benzene rings is 2. The van der Waals surface area contributed by atoms with E-state index >= 15 is 0 Å². The van der Waals surface area contributed by atoms with Crippen LogP contribution in [0, 0.1) is 20.8 Å². The first-order valence-electron chi connectivity index (χ1n) is 9.19. The molecule has 0 fully saturated rings. The highest BCUT2D eigenvalue weighted by Crippen LogP contribution is 2.23. The number of esters is 1. The summed E-state index contributed by atoms with van der Waals surface area (Å²) >= 11 is 0. The largest absolute Gasteiger partial charge is 0.452 e. The van der Waals surface area contributed by atoms with Crippen LogP contribution in [-0.4, -0.2) is 35.4 Å². The van der Waals surface area contributed by atoms with E-state index in [0.717, 1.165) is 22.0 Å². The number of amides is 1. The second-order valence-corrected chi connectivity index (χ2v) is 7.03. The van der Waals surface area contributed by atoms with Crippen LogP contribution >= 0.6 is 0 Å². The Hall–Kier alpha value is -3.21. The Kier molecular flexibility index (Phi) is 5.73. The highest BCUT2D eigenvalue weighted by atomic mass is 16.5. The van der Waals surface area contributed by atoms with Gasteiger partial charge in [0.25, 0.3) is 5.91 Å². The number of fused-ring (bicyclic) bond motifs is 1. The third-order valence-corrected chi connectivity index (χ3v) is 4.83. The van der Waals surface area contributed by atoms with Crippen molar-refractivity contribution < 1.29 is 14.3 Å². The van der Waals surface area contributed by atoms with Gasteiger partial charge >= 0.3 is 5.97 Å². The van der Waals surface area contributed by atoms with Gasteiger partial charge in [-0.3, -0.25) is 9.78 Å². The molecule has 0 aliphatic carbocycles. The van der Waals surface area contributed by atoms with E-state index in [1.807, 2.05) is 62.4 Å². The number of hydrogen-bond donors (Lipinski definition) is 0. The molecule has 0 bridgehead atoms. The minimum atomic E-state index is -0.523. The first-order valence-corrected chi connectivity index (χ1v) is 9.19. The molecular weight excluding hydrogens is 352 g/mol. The third-order valence-electron chi connectivity index (χ3n) is 4.83. The minimum Gasteiger partial charge on any atom is -0.452 e. The molecule has 1 aromatic heterocycles. The molecular formula is C23H24N2O3. The van der Waals surface area contributed by atoms with Crippen LogP contribution in [0.3, 0.4) is 0 Å². The van der Waals surface area contributed by atoms with Crippen molar-refractivity contribution in [1.29, 1.82) is 0 Å². The van der Waals surface area contributed by atoms with Crippen LogP contribution in [0.25, 0.3) is 10.9 Å². The second kappa shape index (κ2) is 8.21. The van der Waals surface area contributed by atoms with E-state index in [1.165, 1.54) is 5.56 Å². The average molecular weight is 376 g/mol. The standard InChI is InChI=1S/C23H24N2O3/c1-15-9-11-18(12-10-15)13-25(4)21(26)14-28-23(27)22-16(2)19-7-5-6-8-20(19)24-17(22)3/h5-12H,13-14H2,1-4H3. The van der Waals surface area contributed by atoms with Crippen molar-refractivity contribution in [3.05, 3.63) is 76.5 Å². The fourth-order valence-electron chi connectivity index (χ4n) is 3.20. The number of likely N-dealkylation sites (N-methyl/N-ethyl adjacent to an activating group) is 1. The molecule has 0 N–H and O–H groups in total. The van der Waals surface area contributed by atoms with E-state index in [2.05, 4.69) is 4.98 Å². The Morgan fingerprint density at radius 3 is 2.39 bits per heavy atom. The number of nitrogens with zero attached hydrogens (tertiary/aromatic N) is 2. The van der Waals surface area contributed by atoms with Gasteiger partial charge in [-0.15, -0.1) is 0 Å². The molecule has 0 saturated carbocycles. The Bertz CT molecular complexity index is 1030. The van der Waals surface area contributed by atoms with E-state index in [9.17, 15) is 9.59 Å². The smallest absolute Gasteiger partial charge is 0.340 e. The fraction of sp³-hybridized carbons (Fsp3) is 0.261. The molecule has 1 heterocycles. The topological polar surface area (TPSA) is 59.5 Å². The van der Waals surface area contributed by atoms with E-state index < -0.39 is 5.97 Å². The molecule has 2 aromatic carbocycles. The molecule has 28 heavy (non-hydrogen) atoms. The summed E-state index contributed by atoms with van der Waals surface area (Å²) in [6.45, 7) is 5.84. The lowest BCUT2D eigenvalue weighted by molar-refractivity contribution is -0.133. The van der Waals surface area contributed by atoms with Gasteiger partial charge in [0.1, 0.15) is 0 Å². The predicted octanol–water partition coefficient (Wildman–Crippen LogP) is 3.98. The lowest BCUT2D eigenvalue weighted by atomic mass is 10.0. The first kappa shape index (κ1) is 19.5. The highest BCUT2D eigenvalue weighted by molar-refractivity contribution is 5.99. The van der Waals surface area contributed by atoms with Crippen LogP contribution in [0.1, 0.15) is 32.7 Å². The van der Waals surface area contributed by atoms with Crippen molar-refractivity contribution in [2.45, 2.75) is 27.3 Å². The molecule has 3 rings (SSSR count). The van der Waals surface area contributed by atoms with Gasteiger partial charge in [-0.25, -0.2) is 4.79 Å². The molecule has 0 aliphatic heterocycles. The molecule has 5 heteroatoms. The van der Waals surface area contributed by atoms with Crippen molar-refractivity contribution in [3.8, 4) is 0 Å². The maximum absolute atomic E-state index is 12.6. The van der Waals surface area contributed by atoms with Gasteiger partial charge in [0.05, 0.1) is 16.8 Å². The van der Waals surface area contributed by atoms with Crippen molar-refractivity contribution in [2.75, 3.05) is 13.7 Å². The Morgan fingerprint density at radius 2 is 1.68 bits per heavy atom. The molecule has 0 radical (unpaired) electrons. The molecule has 0 spiro atoms. The Labute approximate surface area is 165 Å². The van der Waals surface area contributed by atoms with Crippen LogP contribution < -0.4 is 0 Å². The Balaban J connectivity index is 1.67. The number of aryl methyl sites for hydroxylation is 3. The molecule has 5 nitrogen and oxygen atoms in total. The maximum atomic E-state index is 12.6. The monoisotopic (exact) mass is 376 g/mol. The molecule has 1 amide bonds. The minimum absolute atomic E-state index is 0.252. The summed E-state index contributed by atoms with van der Waals surface area (Å²) in [4.78, 5) is 31.0. The van der Waals surface area contributed by atoms with Crippen LogP contribution in [-0.2, 0) is 16.1 Å². The van der Waals surface area contributed by atoms with Gasteiger partial charge in [0, 0.05) is 19.0 Å². The van der Waals surface area contributed by atoms with Crippen LogP contribution in [0.4, 0.5) is 0 Å². The number of rotatable bonds is 5. The summed E-state index contributed by atoms with van der Waals surface area (Å²) in [6, 6.07) is 15.6. The molecule has 144 valence electrons. The highest BCUT2D eigenvalue weighted by Gasteiger charge is 2.19. The summed E-state index contributed by atoms with van der Waals surface area (Å²) in [5.41, 5.74) is 4.87. The van der Waals surface area contributed by atoms with Gasteiger partial charge in [-0.2, -0.15) is 0 Å². The first-order chi connectivity index (χ1) is 13.4. The quantitative estimate of drug-likeness (QED) is 0.632. The van der Waals surface area contributed by atoms with E-state index in [-0.39, 0.29) is 12.5 Å². The van der Waals surface area contributed by atoms with Crippen molar-refractivity contribution in [1.82, 2.24) is 9.88 Å². The SMILES string of the molecule is Cc1ccc(CN(C)C(=O)COC(=O)c2c(C)nc3ccccc3c2C)cc1. The zero-order valence-electron chi connectivity index (χ0n) is 16.7. The maximum Gasteiger partial charge on any atom is 0.340 e. The predicted molar refractivity (Wildman–Crippen MR) is 109 cm³/mol. The van der Waals surface area contributed by atoms with Gasteiger partial charge in [-0.05, 0) is 38.0 Å². The average Bonchev–Trinajstić information content (AvgIpc) is 2.67. The summed E-state index contributed by atoms with van der Waals surface area (Å²) < 4.78 is 5.31. The van der Waals surface area contributed by atoms with Crippen LogP contribution in [0.5, 0.6) is 0 Å². The molecule has 0 unspecified atom stereocenters.